The summed E-state index contributed by atoms with van der Waals surface area (Å²) in [7, 11) is 0. The van der Waals surface area contributed by atoms with E-state index in [1.54, 1.807) is 0 Å². The van der Waals surface area contributed by atoms with Crippen LogP contribution in [0.5, 0.6) is 5.75 Å². The molecule has 148 valence electrons. The van der Waals surface area contributed by atoms with E-state index in [2.05, 4.69) is 5.32 Å². The molecule has 0 aromatic heterocycles. The quantitative estimate of drug-likeness (QED) is 0.688. The Morgan fingerprint density at radius 2 is 2.11 bits per heavy atom. The Morgan fingerprint density at radius 1 is 1.41 bits per heavy atom. The highest BCUT2D eigenvalue weighted by atomic mass is 35.5. The summed E-state index contributed by atoms with van der Waals surface area (Å²) in [4.78, 5) is 25.1. The molecule has 0 radical (unpaired) electrons. The highest BCUT2D eigenvalue weighted by Gasteiger charge is 2.48. The topological polar surface area (TPSA) is 78.9 Å². The van der Waals surface area contributed by atoms with Crippen LogP contribution in [-0.2, 0) is 9.59 Å². The molecule has 2 fully saturated rings. The van der Waals surface area contributed by atoms with Crippen molar-refractivity contribution in [2.45, 2.75) is 31.2 Å². The molecule has 8 heteroatoms. The van der Waals surface area contributed by atoms with Crippen molar-refractivity contribution in [2.75, 3.05) is 26.3 Å². The number of aliphatic hydroxyl groups excluding tert-OH is 1. The lowest BCUT2D eigenvalue weighted by Gasteiger charge is -2.47. The number of carbonyl (C=O) groups excluding carboxylic acids is 2. The van der Waals surface area contributed by atoms with Crippen molar-refractivity contribution in [3.63, 3.8) is 0 Å². The Morgan fingerprint density at radius 3 is 2.70 bits per heavy atom. The molecule has 1 aliphatic carbocycles. The van der Waals surface area contributed by atoms with Gasteiger partial charge in [0.15, 0.2) is 0 Å². The van der Waals surface area contributed by atoms with Crippen LogP contribution in [-0.4, -0.2) is 54.2 Å². The summed E-state index contributed by atoms with van der Waals surface area (Å²) in [6.45, 7) is 1.65. The lowest BCUT2D eigenvalue weighted by atomic mass is 9.68. The molecule has 0 spiro atoms. The first-order chi connectivity index (χ1) is 13.0. The van der Waals surface area contributed by atoms with E-state index in [1.165, 1.54) is 18.2 Å². The fourth-order valence-corrected chi connectivity index (χ4v) is 4.08. The summed E-state index contributed by atoms with van der Waals surface area (Å²) in [6, 6.07) is 4.06. The second-order valence-electron chi connectivity index (χ2n) is 7.46. The Bertz CT molecular complexity index is 688. The van der Waals surface area contributed by atoms with Crippen LogP contribution in [0.2, 0.25) is 5.02 Å². The number of ether oxygens (including phenoxy) is 1. The predicted molar refractivity (Wildman–Crippen MR) is 97.9 cm³/mol. The van der Waals surface area contributed by atoms with Crippen LogP contribution in [0.4, 0.5) is 4.39 Å². The van der Waals surface area contributed by atoms with E-state index in [0.717, 1.165) is 12.8 Å². The zero-order valence-corrected chi connectivity index (χ0v) is 15.8. The number of likely N-dealkylation sites (tertiary alicyclic amines) is 1. The minimum absolute atomic E-state index is 0.0905. The van der Waals surface area contributed by atoms with Gasteiger partial charge in [-0.1, -0.05) is 11.6 Å². The third-order valence-corrected chi connectivity index (χ3v) is 5.88. The first-order valence-electron chi connectivity index (χ1n) is 9.15. The molecule has 1 saturated heterocycles. The molecule has 6 nitrogen and oxygen atoms in total. The van der Waals surface area contributed by atoms with Gasteiger partial charge in [-0.05, 0) is 49.8 Å². The molecule has 1 saturated carbocycles. The van der Waals surface area contributed by atoms with Crippen molar-refractivity contribution < 1.29 is 23.8 Å². The first kappa shape index (κ1) is 19.9. The molecule has 0 unspecified atom stereocenters. The summed E-state index contributed by atoms with van der Waals surface area (Å²) in [5.41, 5.74) is -0.636. The van der Waals surface area contributed by atoms with Crippen LogP contribution in [0, 0.1) is 17.7 Å². The third kappa shape index (κ3) is 4.52. The largest absolute Gasteiger partial charge is 0.492 e. The van der Waals surface area contributed by atoms with Crippen molar-refractivity contribution >= 4 is 23.9 Å². The molecule has 27 heavy (non-hydrogen) atoms. The zero-order chi connectivity index (χ0) is 19.4. The molecule has 2 amide bonds. The normalized spacial score (nSPS) is 25.6. The van der Waals surface area contributed by atoms with E-state index in [0.29, 0.717) is 50.6 Å². The number of nitrogens with zero attached hydrogens (tertiary/aromatic N) is 1. The lowest BCUT2D eigenvalue weighted by molar-refractivity contribution is -0.145. The number of benzene rings is 1. The highest BCUT2D eigenvalue weighted by Crippen LogP contribution is 2.39. The zero-order valence-electron chi connectivity index (χ0n) is 15.0. The average Bonchev–Trinajstić information content (AvgIpc) is 2.63. The van der Waals surface area contributed by atoms with E-state index in [9.17, 15) is 19.1 Å². The van der Waals surface area contributed by atoms with Crippen LogP contribution < -0.4 is 10.1 Å². The summed E-state index contributed by atoms with van der Waals surface area (Å²) >= 11 is 5.96. The van der Waals surface area contributed by atoms with Crippen LogP contribution >= 0.6 is 11.6 Å². The SMILES string of the molecule is O=CNC1(CO)CC(C(=O)N2CCC(COc3ccc(F)cc3Cl)CC2)C1. The highest BCUT2D eigenvalue weighted by molar-refractivity contribution is 6.32. The van der Waals surface area contributed by atoms with Gasteiger partial charge in [-0.25, -0.2) is 4.39 Å². The van der Waals surface area contributed by atoms with Crippen molar-refractivity contribution in [2.24, 2.45) is 11.8 Å². The third-order valence-electron chi connectivity index (χ3n) is 5.59. The van der Waals surface area contributed by atoms with Gasteiger partial charge in [-0.15, -0.1) is 0 Å². The van der Waals surface area contributed by atoms with Gasteiger partial charge in [0.1, 0.15) is 11.6 Å². The Hall–Kier alpha value is -1.86. The molecular weight excluding hydrogens is 375 g/mol. The van der Waals surface area contributed by atoms with Crippen LogP contribution in [0.1, 0.15) is 25.7 Å². The minimum atomic E-state index is -0.636. The monoisotopic (exact) mass is 398 g/mol. The van der Waals surface area contributed by atoms with Crippen molar-refractivity contribution in [3.8, 4) is 5.75 Å². The Balaban J connectivity index is 1.42. The first-order valence-corrected chi connectivity index (χ1v) is 9.53. The smallest absolute Gasteiger partial charge is 0.225 e. The van der Waals surface area contributed by atoms with Crippen LogP contribution in [0.15, 0.2) is 18.2 Å². The molecule has 3 rings (SSSR count). The molecule has 1 aromatic rings. The number of hydrogen-bond donors (Lipinski definition) is 2. The molecule has 0 bridgehead atoms. The minimum Gasteiger partial charge on any atom is -0.492 e. The number of nitrogens with one attached hydrogen (secondary N) is 1. The van der Waals surface area contributed by atoms with Gasteiger partial charge in [0.05, 0.1) is 23.8 Å². The summed E-state index contributed by atoms with van der Waals surface area (Å²) < 4.78 is 18.8. The van der Waals surface area contributed by atoms with Crippen molar-refractivity contribution in [3.05, 3.63) is 29.0 Å². The fourth-order valence-electron chi connectivity index (χ4n) is 3.85. The second kappa shape index (κ2) is 8.44. The lowest BCUT2D eigenvalue weighted by Crippen LogP contribution is -2.61. The van der Waals surface area contributed by atoms with Gasteiger partial charge < -0.3 is 20.1 Å². The summed E-state index contributed by atoms with van der Waals surface area (Å²) in [5, 5.41) is 12.3. The maximum Gasteiger partial charge on any atom is 0.225 e. The number of halogens is 2. The second-order valence-corrected chi connectivity index (χ2v) is 7.87. The predicted octanol–water partition coefficient (Wildman–Crippen LogP) is 1.98. The molecule has 1 aromatic carbocycles. The van der Waals surface area contributed by atoms with Gasteiger partial charge in [-0.2, -0.15) is 0 Å². The van der Waals surface area contributed by atoms with Gasteiger partial charge in [-0.3, -0.25) is 9.59 Å². The van der Waals surface area contributed by atoms with E-state index in [4.69, 9.17) is 16.3 Å². The number of aliphatic hydroxyl groups is 1. The average molecular weight is 399 g/mol. The van der Waals surface area contributed by atoms with E-state index >= 15 is 0 Å². The number of rotatable bonds is 7. The Kier molecular flexibility index (Phi) is 6.22. The van der Waals surface area contributed by atoms with Gasteiger partial charge >= 0.3 is 0 Å². The van der Waals surface area contributed by atoms with Crippen molar-refractivity contribution in [1.82, 2.24) is 10.2 Å². The standard InChI is InChI=1S/C19H24ClFN2O4/c20-16-7-15(21)1-2-17(16)27-10-13-3-5-23(6-4-13)18(26)14-8-19(9-14,11-24)22-12-25/h1-2,7,12-14,24H,3-6,8-11H2,(H,22,25). The molecule has 1 aliphatic heterocycles. The van der Waals surface area contributed by atoms with Gasteiger partial charge in [0.2, 0.25) is 12.3 Å². The molecule has 0 atom stereocenters. The number of piperidine rings is 1. The molecular formula is C19H24ClFN2O4. The fraction of sp³-hybridized carbons (Fsp3) is 0.579. The molecule has 2 aliphatic rings. The van der Waals surface area contributed by atoms with E-state index < -0.39 is 11.4 Å². The van der Waals surface area contributed by atoms with Crippen LogP contribution in [0.25, 0.3) is 0 Å². The maximum atomic E-state index is 13.1. The van der Waals surface area contributed by atoms with Crippen molar-refractivity contribution in [1.29, 1.82) is 0 Å². The number of hydrogen-bond acceptors (Lipinski definition) is 4. The number of amides is 2. The van der Waals surface area contributed by atoms with E-state index in [1.807, 2.05) is 4.90 Å². The number of carbonyl (C=O) groups is 2. The Labute approximate surface area is 162 Å². The molecule has 1 heterocycles. The molecule has 2 N–H and O–H groups in total. The summed E-state index contributed by atoms with van der Waals surface area (Å²) in [5.74, 6) is 0.325. The maximum absolute atomic E-state index is 13.1. The summed E-state index contributed by atoms with van der Waals surface area (Å²) in [6.07, 6.45) is 3.19. The van der Waals surface area contributed by atoms with Gasteiger partial charge in [0, 0.05) is 19.0 Å². The van der Waals surface area contributed by atoms with Crippen LogP contribution in [0.3, 0.4) is 0 Å². The van der Waals surface area contributed by atoms with E-state index in [-0.39, 0.29) is 23.5 Å². The van der Waals surface area contributed by atoms with Gasteiger partial charge in [0.25, 0.3) is 0 Å².